The molecule has 0 fully saturated rings. The predicted octanol–water partition coefficient (Wildman–Crippen LogP) is 4.22. The Morgan fingerprint density at radius 2 is 1.88 bits per heavy atom. The minimum absolute atomic E-state index is 0.175. The van der Waals surface area contributed by atoms with Crippen molar-refractivity contribution in [2.75, 3.05) is 11.4 Å². The Bertz CT molecular complexity index is 875. The van der Waals surface area contributed by atoms with E-state index in [2.05, 4.69) is 28.1 Å². The van der Waals surface area contributed by atoms with Crippen molar-refractivity contribution in [2.45, 2.75) is 32.9 Å². The van der Waals surface area contributed by atoms with Crippen LogP contribution in [0.3, 0.4) is 0 Å². The summed E-state index contributed by atoms with van der Waals surface area (Å²) in [4.78, 5) is 2.25. The summed E-state index contributed by atoms with van der Waals surface area (Å²) < 4.78 is 12.0. The zero-order valence-electron chi connectivity index (χ0n) is 14.5. The normalized spacial score (nSPS) is 16.4. The minimum Gasteiger partial charge on any atom is -0.486 e. The number of ether oxygens (including phenoxy) is 1. The SMILES string of the molecule is CC[C@@H]1CN(Cc2nnc(-c3ccccc3C)o2)c2ccccc2O1. The van der Waals surface area contributed by atoms with Gasteiger partial charge in [0.1, 0.15) is 11.9 Å². The third-order valence-corrected chi connectivity index (χ3v) is 4.55. The highest BCUT2D eigenvalue weighted by Crippen LogP contribution is 2.34. The van der Waals surface area contributed by atoms with E-state index in [4.69, 9.17) is 9.15 Å². The molecule has 2 heterocycles. The number of nitrogens with zero attached hydrogens (tertiary/aromatic N) is 3. The van der Waals surface area contributed by atoms with Crippen molar-refractivity contribution in [3.8, 4) is 17.2 Å². The molecule has 0 bridgehead atoms. The molecule has 25 heavy (non-hydrogen) atoms. The number of fused-ring (bicyclic) bond motifs is 1. The standard InChI is InChI=1S/C20H21N3O2/c1-3-15-12-23(17-10-6-7-11-18(17)24-15)13-19-21-22-20(25-19)16-9-5-4-8-14(16)2/h4-11,15H,3,12-13H2,1-2H3/t15-/m1/s1. The van der Waals surface area contributed by atoms with Gasteiger partial charge in [-0.25, -0.2) is 0 Å². The molecule has 0 unspecified atom stereocenters. The van der Waals surface area contributed by atoms with Gasteiger partial charge in [-0.2, -0.15) is 0 Å². The third kappa shape index (κ3) is 3.09. The lowest BCUT2D eigenvalue weighted by molar-refractivity contribution is 0.187. The Hall–Kier alpha value is -2.82. The van der Waals surface area contributed by atoms with Crippen molar-refractivity contribution in [2.24, 2.45) is 0 Å². The van der Waals surface area contributed by atoms with Crippen molar-refractivity contribution in [1.29, 1.82) is 0 Å². The summed E-state index contributed by atoms with van der Waals surface area (Å²) in [6.07, 6.45) is 1.14. The number of benzene rings is 2. The van der Waals surface area contributed by atoms with Crippen LogP contribution in [0.15, 0.2) is 52.9 Å². The maximum Gasteiger partial charge on any atom is 0.248 e. The second kappa shape index (κ2) is 6.59. The number of aromatic nitrogens is 2. The zero-order chi connectivity index (χ0) is 17.2. The molecule has 1 aromatic heterocycles. The lowest BCUT2D eigenvalue weighted by Crippen LogP contribution is -2.39. The molecule has 0 amide bonds. The first kappa shape index (κ1) is 15.7. The lowest BCUT2D eigenvalue weighted by atomic mass is 10.1. The maximum atomic E-state index is 6.03. The van der Waals surface area contributed by atoms with Crippen molar-refractivity contribution >= 4 is 5.69 Å². The van der Waals surface area contributed by atoms with Crippen LogP contribution in [0.25, 0.3) is 11.5 Å². The molecule has 0 N–H and O–H groups in total. The first-order valence-electron chi connectivity index (χ1n) is 8.63. The van der Waals surface area contributed by atoms with E-state index in [0.717, 1.165) is 35.5 Å². The van der Waals surface area contributed by atoms with Gasteiger partial charge in [-0.1, -0.05) is 37.3 Å². The van der Waals surface area contributed by atoms with E-state index < -0.39 is 0 Å². The number of hydrogen-bond acceptors (Lipinski definition) is 5. The molecule has 2 aromatic carbocycles. The highest BCUT2D eigenvalue weighted by Gasteiger charge is 2.25. The van der Waals surface area contributed by atoms with Crippen molar-refractivity contribution < 1.29 is 9.15 Å². The molecule has 128 valence electrons. The molecule has 0 saturated heterocycles. The number of anilines is 1. The van der Waals surface area contributed by atoms with Gasteiger partial charge in [0, 0.05) is 5.56 Å². The molecule has 5 heteroatoms. The van der Waals surface area contributed by atoms with Crippen LogP contribution in [-0.2, 0) is 6.54 Å². The number of aryl methyl sites for hydroxylation is 1. The fourth-order valence-electron chi connectivity index (χ4n) is 3.14. The number of para-hydroxylation sites is 2. The average Bonchev–Trinajstić information content (AvgIpc) is 3.10. The number of hydrogen-bond donors (Lipinski definition) is 0. The third-order valence-electron chi connectivity index (χ3n) is 4.55. The van der Waals surface area contributed by atoms with Crippen LogP contribution in [-0.4, -0.2) is 22.8 Å². The molecule has 1 atom stereocenters. The van der Waals surface area contributed by atoms with Crippen molar-refractivity contribution in [3.05, 3.63) is 60.0 Å². The molecule has 0 saturated carbocycles. The first-order chi connectivity index (χ1) is 12.2. The molecular weight excluding hydrogens is 314 g/mol. The van der Waals surface area contributed by atoms with Crippen LogP contribution in [0.4, 0.5) is 5.69 Å². The van der Waals surface area contributed by atoms with Crippen LogP contribution >= 0.6 is 0 Å². The molecule has 1 aliphatic heterocycles. The van der Waals surface area contributed by atoms with E-state index in [9.17, 15) is 0 Å². The summed E-state index contributed by atoms with van der Waals surface area (Å²) in [7, 11) is 0. The van der Waals surface area contributed by atoms with Gasteiger partial charge in [-0.05, 0) is 37.1 Å². The van der Waals surface area contributed by atoms with Gasteiger partial charge in [-0.3, -0.25) is 0 Å². The Balaban J connectivity index is 1.60. The van der Waals surface area contributed by atoms with Gasteiger partial charge in [-0.15, -0.1) is 10.2 Å². The smallest absolute Gasteiger partial charge is 0.248 e. The summed E-state index contributed by atoms with van der Waals surface area (Å²) in [6.45, 7) is 5.58. The summed E-state index contributed by atoms with van der Waals surface area (Å²) in [5.41, 5.74) is 3.18. The summed E-state index contributed by atoms with van der Waals surface area (Å²) in [5, 5.41) is 8.49. The first-order valence-corrected chi connectivity index (χ1v) is 8.63. The van der Waals surface area contributed by atoms with Crippen LogP contribution in [0, 0.1) is 6.92 Å². The van der Waals surface area contributed by atoms with Gasteiger partial charge in [0.25, 0.3) is 0 Å². The Labute approximate surface area is 147 Å². The molecule has 4 rings (SSSR count). The Morgan fingerprint density at radius 3 is 2.72 bits per heavy atom. The van der Waals surface area contributed by atoms with E-state index in [0.29, 0.717) is 18.3 Å². The van der Waals surface area contributed by atoms with Crippen LogP contribution in [0.2, 0.25) is 0 Å². The molecular formula is C20H21N3O2. The zero-order valence-corrected chi connectivity index (χ0v) is 14.5. The maximum absolute atomic E-state index is 6.03. The summed E-state index contributed by atoms with van der Waals surface area (Å²) >= 11 is 0. The van der Waals surface area contributed by atoms with Gasteiger partial charge in [0.05, 0.1) is 18.8 Å². The largest absolute Gasteiger partial charge is 0.486 e. The van der Waals surface area contributed by atoms with E-state index in [1.54, 1.807) is 0 Å². The molecule has 0 aliphatic carbocycles. The van der Waals surface area contributed by atoms with Gasteiger partial charge >= 0.3 is 0 Å². The fraction of sp³-hybridized carbons (Fsp3) is 0.300. The highest BCUT2D eigenvalue weighted by atomic mass is 16.5. The van der Waals surface area contributed by atoms with E-state index in [1.165, 1.54) is 0 Å². The predicted molar refractivity (Wildman–Crippen MR) is 96.7 cm³/mol. The second-order valence-corrected chi connectivity index (χ2v) is 6.31. The molecule has 0 spiro atoms. The van der Waals surface area contributed by atoms with Crippen LogP contribution in [0.5, 0.6) is 5.75 Å². The Kier molecular flexibility index (Phi) is 4.14. The second-order valence-electron chi connectivity index (χ2n) is 6.31. The van der Waals surface area contributed by atoms with Crippen molar-refractivity contribution in [3.63, 3.8) is 0 Å². The molecule has 1 aliphatic rings. The number of rotatable bonds is 4. The average molecular weight is 335 g/mol. The molecule has 3 aromatic rings. The minimum atomic E-state index is 0.175. The van der Waals surface area contributed by atoms with Crippen LogP contribution in [0.1, 0.15) is 24.8 Å². The van der Waals surface area contributed by atoms with Crippen LogP contribution < -0.4 is 9.64 Å². The Morgan fingerprint density at radius 1 is 1.08 bits per heavy atom. The van der Waals surface area contributed by atoms with E-state index in [-0.39, 0.29) is 6.10 Å². The van der Waals surface area contributed by atoms with Crippen molar-refractivity contribution in [1.82, 2.24) is 10.2 Å². The van der Waals surface area contributed by atoms with Gasteiger partial charge in [0.2, 0.25) is 11.8 Å². The highest BCUT2D eigenvalue weighted by molar-refractivity contribution is 5.60. The monoisotopic (exact) mass is 335 g/mol. The lowest BCUT2D eigenvalue weighted by Gasteiger charge is -2.35. The molecule has 5 nitrogen and oxygen atoms in total. The van der Waals surface area contributed by atoms with Gasteiger partial charge < -0.3 is 14.1 Å². The fourth-order valence-corrected chi connectivity index (χ4v) is 3.14. The van der Waals surface area contributed by atoms with E-state index >= 15 is 0 Å². The van der Waals surface area contributed by atoms with E-state index in [1.807, 2.05) is 49.4 Å². The quantitative estimate of drug-likeness (QED) is 0.714. The summed E-state index contributed by atoms with van der Waals surface area (Å²) in [6, 6.07) is 16.1. The topological polar surface area (TPSA) is 51.4 Å². The molecule has 0 radical (unpaired) electrons. The summed E-state index contributed by atoms with van der Waals surface area (Å²) in [5.74, 6) is 2.10. The van der Waals surface area contributed by atoms with Gasteiger partial charge in [0.15, 0.2) is 0 Å².